The lowest BCUT2D eigenvalue weighted by Crippen LogP contribution is -2.40. The zero-order valence-electron chi connectivity index (χ0n) is 25.3. The average Bonchev–Trinajstić information content (AvgIpc) is 3.32. The summed E-state index contributed by atoms with van der Waals surface area (Å²) in [4.78, 5) is 32.8. The van der Waals surface area contributed by atoms with Gasteiger partial charge in [0.15, 0.2) is 27.8 Å². The molecule has 0 unspecified atom stereocenters. The van der Waals surface area contributed by atoms with Crippen LogP contribution >= 0.6 is 11.3 Å². The minimum atomic E-state index is -0.893. The molecule has 2 aromatic carbocycles. The van der Waals surface area contributed by atoms with Gasteiger partial charge in [-0.05, 0) is 43.2 Å². The zero-order chi connectivity index (χ0) is 31.1. The van der Waals surface area contributed by atoms with E-state index >= 15 is 0 Å². The van der Waals surface area contributed by atoms with E-state index in [4.69, 9.17) is 33.2 Å². The molecule has 43 heavy (non-hydrogen) atoms. The molecule has 12 heteroatoms. The number of ether oxygens (including phenoxy) is 7. The number of methoxy groups -OCH3 is 5. The summed E-state index contributed by atoms with van der Waals surface area (Å²) in [5.41, 5.74) is 1.52. The van der Waals surface area contributed by atoms with Gasteiger partial charge in [0, 0.05) is 12.7 Å². The van der Waals surface area contributed by atoms with Crippen molar-refractivity contribution in [3.05, 3.63) is 72.4 Å². The van der Waals surface area contributed by atoms with Crippen LogP contribution in [0.25, 0.3) is 6.08 Å². The smallest absolute Gasteiger partial charge is 0.338 e. The number of para-hydroxylation sites is 1. The molecule has 230 valence electrons. The number of esters is 1. The average molecular weight is 613 g/mol. The van der Waals surface area contributed by atoms with Crippen LogP contribution in [0.1, 0.15) is 37.4 Å². The number of hydrogen-bond acceptors (Lipinski definition) is 11. The van der Waals surface area contributed by atoms with E-state index in [-0.39, 0.29) is 24.3 Å². The van der Waals surface area contributed by atoms with Gasteiger partial charge in [0.1, 0.15) is 12.6 Å². The Balaban J connectivity index is 1.97. The third-order valence-electron chi connectivity index (χ3n) is 6.72. The van der Waals surface area contributed by atoms with Gasteiger partial charge in [0.2, 0.25) is 5.75 Å². The number of benzene rings is 2. The van der Waals surface area contributed by atoms with E-state index in [1.807, 2.05) is 13.0 Å². The monoisotopic (exact) mass is 612 g/mol. The van der Waals surface area contributed by atoms with Crippen LogP contribution in [0, 0.1) is 0 Å². The lowest BCUT2D eigenvalue weighted by molar-refractivity contribution is -0.140. The van der Waals surface area contributed by atoms with Crippen LogP contribution in [-0.2, 0) is 14.3 Å². The van der Waals surface area contributed by atoms with Crippen molar-refractivity contribution in [2.24, 2.45) is 4.99 Å². The molecule has 4 rings (SSSR count). The van der Waals surface area contributed by atoms with Gasteiger partial charge in [-0.15, -0.1) is 0 Å². The number of aromatic nitrogens is 1. The Morgan fingerprint density at radius 2 is 1.65 bits per heavy atom. The summed E-state index contributed by atoms with van der Waals surface area (Å²) >= 11 is 1.20. The van der Waals surface area contributed by atoms with Crippen molar-refractivity contribution in [1.29, 1.82) is 0 Å². The van der Waals surface area contributed by atoms with Crippen LogP contribution in [0.3, 0.4) is 0 Å². The summed E-state index contributed by atoms with van der Waals surface area (Å²) in [6.07, 6.45) is 2.47. The number of rotatable bonds is 13. The Morgan fingerprint density at radius 1 is 0.953 bits per heavy atom. The number of nitrogens with zero attached hydrogens (tertiary/aromatic N) is 2. The summed E-state index contributed by atoms with van der Waals surface area (Å²) in [5.74, 6) is 1.65. The molecule has 1 aliphatic rings. The fourth-order valence-corrected chi connectivity index (χ4v) is 5.82. The maximum atomic E-state index is 14.2. The van der Waals surface area contributed by atoms with E-state index in [1.165, 1.54) is 44.3 Å². The normalized spacial score (nSPS) is 14.6. The summed E-state index contributed by atoms with van der Waals surface area (Å²) in [7, 11) is 7.64. The molecule has 0 bridgehead atoms. The molecule has 0 amide bonds. The van der Waals surface area contributed by atoms with Crippen LogP contribution in [0.5, 0.6) is 28.7 Å². The van der Waals surface area contributed by atoms with Gasteiger partial charge in [-0.2, -0.15) is 0 Å². The first kappa shape index (κ1) is 31.6. The summed E-state index contributed by atoms with van der Waals surface area (Å²) < 4.78 is 40.7. The standard InChI is InChI=1S/C31H36N2O9S/c1-8-12-41-27-20(10-9-11-21(27)37-4)26-25(30(35)42-14-13-36-3)18(2)32-31-33(26)29(34)24(43-31)17-19-15-22(38-5)28(40-7)23(16-19)39-6/h9-11,15-17,26H,8,12-14H2,1-7H3/b24-17+/t26-/m1/s1. The van der Waals surface area contributed by atoms with Crippen molar-refractivity contribution < 1.29 is 38.0 Å². The van der Waals surface area contributed by atoms with Gasteiger partial charge in [0.05, 0.1) is 57.5 Å². The third kappa shape index (κ3) is 6.40. The molecule has 0 fully saturated rings. The molecule has 0 saturated carbocycles. The predicted octanol–water partition coefficient (Wildman–Crippen LogP) is 3.25. The first-order valence-electron chi connectivity index (χ1n) is 13.6. The van der Waals surface area contributed by atoms with Crippen molar-refractivity contribution in [2.45, 2.75) is 26.3 Å². The maximum absolute atomic E-state index is 14.2. The Morgan fingerprint density at radius 3 is 2.26 bits per heavy atom. The maximum Gasteiger partial charge on any atom is 0.338 e. The van der Waals surface area contributed by atoms with Crippen LogP contribution in [-0.4, -0.2) is 65.9 Å². The summed E-state index contributed by atoms with van der Waals surface area (Å²) in [6, 6.07) is 7.99. The van der Waals surface area contributed by atoms with Crippen molar-refractivity contribution in [2.75, 3.05) is 55.4 Å². The van der Waals surface area contributed by atoms with E-state index in [1.54, 1.807) is 44.4 Å². The zero-order valence-corrected chi connectivity index (χ0v) is 26.2. The van der Waals surface area contributed by atoms with Gasteiger partial charge in [-0.3, -0.25) is 9.36 Å². The van der Waals surface area contributed by atoms with Gasteiger partial charge in [-0.25, -0.2) is 9.79 Å². The minimum Gasteiger partial charge on any atom is -0.493 e. The van der Waals surface area contributed by atoms with E-state index in [2.05, 4.69) is 4.99 Å². The highest BCUT2D eigenvalue weighted by atomic mass is 32.1. The van der Waals surface area contributed by atoms with Crippen molar-refractivity contribution in [3.63, 3.8) is 0 Å². The number of fused-ring (bicyclic) bond motifs is 1. The Labute approximate surface area is 253 Å². The number of allylic oxidation sites excluding steroid dienone is 1. The quantitative estimate of drug-likeness (QED) is 0.212. The lowest BCUT2D eigenvalue weighted by atomic mass is 9.94. The molecular weight excluding hydrogens is 576 g/mol. The second-order valence-electron chi connectivity index (χ2n) is 9.40. The van der Waals surface area contributed by atoms with Gasteiger partial charge in [-0.1, -0.05) is 30.4 Å². The molecule has 0 N–H and O–H groups in total. The van der Waals surface area contributed by atoms with Gasteiger partial charge in [0.25, 0.3) is 5.56 Å². The second-order valence-corrected chi connectivity index (χ2v) is 10.4. The fourth-order valence-electron chi connectivity index (χ4n) is 4.78. The molecule has 2 heterocycles. The molecule has 0 saturated heterocycles. The molecule has 0 aliphatic carbocycles. The highest BCUT2D eigenvalue weighted by Crippen LogP contribution is 2.41. The van der Waals surface area contributed by atoms with Crippen LogP contribution in [0.15, 0.2) is 51.4 Å². The van der Waals surface area contributed by atoms with E-state index in [0.29, 0.717) is 61.5 Å². The Bertz CT molecular complexity index is 1660. The van der Waals surface area contributed by atoms with Crippen LogP contribution in [0.4, 0.5) is 0 Å². The van der Waals surface area contributed by atoms with Crippen LogP contribution in [0.2, 0.25) is 0 Å². The fraction of sp³-hybridized carbons (Fsp3) is 0.387. The number of carbonyl (C=O) groups excluding carboxylic acids is 1. The molecule has 3 aromatic rings. The molecule has 0 spiro atoms. The summed E-state index contributed by atoms with van der Waals surface area (Å²) in [5, 5.41) is 0. The molecule has 1 aliphatic heterocycles. The first-order valence-corrected chi connectivity index (χ1v) is 14.4. The third-order valence-corrected chi connectivity index (χ3v) is 7.70. The SMILES string of the molecule is CCCOc1c(OC)cccc1[C@@H]1C(C(=O)OCCOC)=C(C)N=c2s/c(=C/c3cc(OC)c(OC)c(OC)c3)c(=O)n21. The Hall–Kier alpha value is -4.29. The largest absolute Gasteiger partial charge is 0.493 e. The van der Waals surface area contributed by atoms with E-state index < -0.39 is 12.0 Å². The minimum absolute atomic E-state index is 0.0433. The molecule has 11 nitrogen and oxygen atoms in total. The predicted molar refractivity (Wildman–Crippen MR) is 161 cm³/mol. The number of carbonyl (C=O) groups is 1. The van der Waals surface area contributed by atoms with E-state index in [9.17, 15) is 9.59 Å². The topological polar surface area (TPSA) is 116 Å². The number of hydrogen-bond donors (Lipinski definition) is 0. The van der Waals surface area contributed by atoms with Crippen molar-refractivity contribution >= 4 is 23.4 Å². The molecule has 1 aromatic heterocycles. The van der Waals surface area contributed by atoms with Crippen LogP contribution < -0.4 is 38.6 Å². The van der Waals surface area contributed by atoms with Gasteiger partial charge >= 0.3 is 5.97 Å². The van der Waals surface area contributed by atoms with Gasteiger partial charge < -0.3 is 33.2 Å². The number of thiazole rings is 1. The van der Waals surface area contributed by atoms with E-state index in [0.717, 1.165) is 6.42 Å². The van der Waals surface area contributed by atoms with Crippen molar-refractivity contribution in [3.8, 4) is 28.7 Å². The lowest BCUT2D eigenvalue weighted by Gasteiger charge is -2.27. The molecule has 0 radical (unpaired) electrons. The summed E-state index contributed by atoms with van der Waals surface area (Å²) in [6.45, 7) is 4.39. The highest BCUT2D eigenvalue weighted by Gasteiger charge is 2.36. The Kier molecular flexibility index (Phi) is 10.5. The highest BCUT2D eigenvalue weighted by molar-refractivity contribution is 7.07. The molecular formula is C31H36N2O9S. The second kappa shape index (κ2) is 14.3. The molecule has 1 atom stereocenters. The first-order chi connectivity index (χ1) is 20.8. The van der Waals surface area contributed by atoms with Crippen molar-refractivity contribution in [1.82, 2.24) is 4.57 Å².